The molecule has 0 aromatic carbocycles. The fourth-order valence-corrected chi connectivity index (χ4v) is 0.999. The molecule has 102 valence electrons. The van der Waals surface area contributed by atoms with Crippen molar-refractivity contribution in [3.8, 4) is 0 Å². The van der Waals surface area contributed by atoms with Gasteiger partial charge in [-0.25, -0.2) is 0 Å². The first-order valence-corrected chi connectivity index (χ1v) is 6.60. The second-order valence-corrected chi connectivity index (χ2v) is 4.50. The van der Waals surface area contributed by atoms with Gasteiger partial charge in [0, 0.05) is 0 Å². The summed E-state index contributed by atoms with van der Waals surface area (Å²) in [4.78, 5) is 0. The highest BCUT2D eigenvalue weighted by Crippen LogP contribution is 2.09. The third-order valence-electron chi connectivity index (χ3n) is 2.15. The molecule has 0 heterocycles. The molecule has 6 heteroatoms. The first kappa shape index (κ1) is 18.7. The van der Waals surface area contributed by atoms with Crippen LogP contribution in [0.15, 0.2) is 0 Å². The van der Waals surface area contributed by atoms with Gasteiger partial charge in [0.1, 0.15) is 0 Å². The van der Waals surface area contributed by atoms with Crippen LogP contribution < -0.4 is 11.5 Å². The number of thiocarbonyl (C=S) groups is 2. The minimum atomic E-state index is -0.120. The fourth-order valence-electron chi connectivity index (χ4n) is 0.902. The Kier molecular flexibility index (Phi) is 14.8. The first-order valence-electron chi connectivity index (χ1n) is 5.78. The third kappa shape index (κ3) is 21.3. The molecular formula is C11H24N2O2S2. The number of ether oxygens (including phenoxy) is 2. The van der Waals surface area contributed by atoms with E-state index in [4.69, 9.17) is 11.5 Å². The first-order chi connectivity index (χ1) is 7.93. The maximum absolute atomic E-state index is 4.92. The van der Waals surface area contributed by atoms with E-state index in [1.54, 1.807) is 0 Å². The van der Waals surface area contributed by atoms with Crippen LogP contribution in [-0.4, -0.2) is 17.1 Å². The van der Waals surface area contributed by atoms with Crippen LogP contribution in [0.25, 0.3) is 0 Å². The predicted octanol–water partition coefficient (Wildman–Crippen LogP) is 2.69. The van der Waals surface area contributed by atoms with Gasteiger partial charge in [0.15, 0.2) is 0 Å². The minimum Gasteiger partial charge on any atom is -0.433 e. The van der Waals surface area contributed by atoms with Crippen LogP contribution in [-0.2, 0) is 9.47 Å². The molecule has 0 saturated heterocycles. The van der Waals surface area contributed by atoms with Crippen LogP contribution in [0.1, 0.15) is 46.5 Å². The second-order valence-electron chi connectivity index (χ2n) is 3.70. The summed E-state index contributed by atoms with van der Waals surface area (Å²) in [6.45, 7) is 6.73. The molecule has 0 unspecified atom stereocenters. The number of hydrogen-bond donors (Lipinski definition) is 2. The molecule has 0 aromatic heterocycles. The maximum atomic E-state index is 4.92. The Morgan fingerprint density at radius 1 is 1.12 bits per heavy atom. The normalized spacial score (nSPS) is 10.8. The van der Waals surface area contributed by atoms with Crippen molar-refractivity contribution < 1.29 is 9.47 Å². The zero-order valence-electron chi connectivity index (χ0n) is 10.9. The largest absolute Gasteiger partial charge is 0.433 e. The van der Waals surface area contributed by atoms with Gasteiger partial charge in [-0.15, -0.1) is 0 Å². The number of rotatable bonds is 6. The van der Waals surface area contributed by atoms with Crippen molar-refractivity contribution in [3.05, 3.63) is 0 Å². The molecule has 0 aromatic rings. The smallest absolute Gasteiger partial charge is 0.256 e. The average molecular weight is 280 g/mol. The molecule has 0 bridgehead atoms. The molecule has 0 saturated carbocycles. The Hall–Kier alpha value is -0.620. The lowest BCUT2D eigenvalue weighted by Gasteiger charge is -2.04. The van der Waals surface area contributed by atoms with Crippen molar-refractivity contribution in [2.45, 2.75) is 46.5 Å². The van der Waals surface area contributed by atoms with Crippen molar-refractivity contribution in [2.24, 2.45) is 17.4 Å². The van der Waals surface area contributed by atoms with Crippen molar-refractivity contribution in [2.75, 3.05) is 6.79 Å². The summed E-state index contributed by atoms with van der Waals surface area (Å²) in [7, 11) is 0. The third-order valence-corrected chi connectivity index (χ3v) is 2.39. The molecule has 0 spiro atoms. The summed E-state index contributed by atoms with van der Waals surface area (Å²) in [5.41, 5.74) is 9.85. The highest BCUT2D eigenvalue weighted by Gasteiger charge is 1.94. The summed E-state index contributed by atoms with van der Waals surface area (Å²) >= 11 is 8.68. The lowest BCUT2D eigenvalue weighted by atomic mass is 10.0. The van der Waals surface area contributed by atoms with Gasteiger partial charge in [0.25, 0.3) is 10.3 Å². The van der Waals surface area contributed by atoms with E-state index in [9.17, 15) is 0 Å². The lowest BCUT2D eigenvalue weighted by Crippen LogP contribution is -2.19. The molecule has 0 aliphatic carbocycles. The van der Waals surface area contributed by atoms with Crippen LogP contribution in [0.4, 0.5) is 0 Å². The highest BCUT2D eigenvalue weighted by atomic mass is 32.1. The second kappa shape index (κ2) is 13.4. The summed E-state index contributed by atoms with van der Waals surface area (Å²) in [5, 5.41) is -0.183. The molecule has 0 rings (SSSR count). The summed E-state index contributed by atoms with van der Waals surface area (Å²) < 4.78 is 8.94. The Morgan fingerprint density at radius 2 is 1.59 bits per heavy atom. The molecule has 0 amide bonds. The minimum absolute atomic E-state index is 0.0914. The summed E-state index contributed by atoms with van der Waals surface area (Å²) in [6, 6.07) is 0. The zero-order valence-corrected chi connectivity index (χ0v) is 12.5. The van der Waals surface area contributed by atoms with Gasteiger partial charge in [0.2, 0.25) is 6.79 Å². The molecule has 4 N–H and O–H groups in total. The molecule has 0 fully saturated rings. The van der Waals surface area contributed by atoms with Gasteiger partial charge in [-0.2, -0.15) is 0 Å². The van der Waals surface area contributed by atoms with E-state index in [0.29, 0.717) is 0 Å². The van der Waals surface area contributed by atoms with Crippen LogP contribution in [0, 0.1) is 5.92 Å². The fraction of sp³-hybridized carbons (Fsp3) is 0.818. The number of unbranched alkanes of at least 4 members (excludes halogenated alkanes) is 1. The van der Waals surface area contributed by atoms with E-state index >= 15 is 0 Å². The molecule has 1 atom stereocenters. The number of hydrogen-bond acceptors (Lipinski definition) is 4. The van der Waals surface area contributed by atoms with E-state index < -0.39 is 0 Å². The molecule has 0 aliphatic heterocycles. The van der Waals surface area contributed by atoms with E-state index in [0.717, 1.165) is 5.92 Å². The van der Waals surface area contributed by atoms with Crippen LogP contribution in [0.2, 0.25) is 0 Å². The predicted molar refractivity (Wildman–Crippen MR) is 79.6 cm³/mol. The molecular weight excluding hydrogens is 256 g/mol. The Bertz CT molecular complexity index is 200. The summed E-state index contributed by atoms with van der Waals surface area (Å²) in [6.07, 6.45) is 5.53. The maximum Gasteiger partial charge on any atom is 0.256 e. The quantitative estimate of drug-likeness (QED) is 0.576. The zero-order chi connectivity index (χ0) is 13.7. The van der Waals surface area contributed by atoms with Crippen molar-refractivity contribution in [3.63, 3.8) is 0 Å². The molecule has 0 aliphatic rings. The van der Waals surface area contributed by atoms with Gasteiger partial charge in [0.05, 0.1) is 0 Å². The van der Waals surface area contributed by atoms with Crippen LogP contribution in [0.5, 0.6) is 0 Å². The lowest BCUT2D eigenvalue weighted by molar-refractivity contribution is 0.103. The van der Waals surface area contributed by atoms with Gasteiger partial charge in [-0.1, -0.05) is 46.5 Å². The van der Waals surface area contributed by atoms with E-state index in [1.165, 1.54) is 25.7 Å². The molecule has 0 radical (unpaired) electrons. The van der Waals surface area contributed by atoms with Crippen molar-refractivity contribution in [1.82, 2.24) is 0 Å². The van der Waals surface area contributed by atoms with Crippen LogP contribution >= 0.6 is 24.4 Å². The Morgan fingerprint density at radius 3 is 1.88 bits per heavy atom. The van der Waals surface area contributed by atoms with Gasteiger partial charge in [-0.05, 0) is 30.4 Å². The molecule has 4 nitrogen and oxygen atoms in total. The Balaban J connectivity index is 0. The summed E-state index contributed by atoms with van der Waals surface area (Å²) in [5.74, 6) is 0.954. The Labute approximate surface area is 115 Å². The van der Waals surface area contributed by atoms with E-state index in [1.807, 2.05) is 0 Å². The van der Waals surface area contributed by atoms with Crippen molar-refractivity contribution >= 4 is 34.8 Å². The van der Waals surface area contributed by atoms with Crippen LogP contribution in [0.3, 0.4) is 0 Å². The van der Waals surface area contributed by atoms with E-state index in [2.05, 4.69) is 54.7 Å². The van der Waals surface area contributed by atoms with Gasteiger partial charge >= 0.3 is 0 Å². The van der Waals surface area contributed by atoms with Gasteiger partial charge < -0.3 is 20.9 Å². The van der Waals surface area contributed by atoms with E-state index in [-0.39, 0.29) is 17.1 Å². The highest BCUT2D eigenvalue weighted by molar-refractivity contribution is 7.80. The average Bonchev–Trinajstić information content (AvgIpc) is 2.25. The topological polar surface area (TPSA) is 70.5 Å². The van der Waals surface area contributed by atoms with Gasteiger partial charge in [-0.3, -0.25) is 0 Å². The standard InChI is InChI=1S/C8H18.C3H6N2O2S2/c1-4-6-7-8(3)5-2;4-2(8)6-1-7-3(5)9/h8H,4-7H2,1-3H3;1H2,(H2,4,8)(H2,5,9)/t8-;/m0./s1. The number of nitrogens with two attached hydrogens (primary N) is 2. The monoisotopic (exact) mass is 280 g/mol. The molecule has 17 heavy (non-hydrogen) atoms. The van der Waals surface area contributed by atoms with Crippen molar-refractivity contribution in [1.29, 1.82) is 0 Å². The SMILES string of the molecule is CCCC[C@@H](C)CC.NC(=S)OCOC(N)=S.